The molecule has 0 saturated heterocycles. The SMILES string of the molecule is CCCCOC(F)(F)C(F)(F)C(=O)O. The van der Waals surface area contributed by atoms with Gasteiger partial charge in [0.25, 0.3) is 0 Å². The molecular weight excluding hydrogens is 208 g/mol. The van der Waals surface area contributed by atoms with E-state index in [1.54, 1.807) is 6.92 Å². The number of rotatable bonds is 6. The minimum absolute atomic E-state index is 0.158. The van der Waals surface area contributed by atoms with E-state index in [2.05, 4.69) is 4.74 Å². The predicted octanol–water partition coefficient (Wildman–Crippen LogP) is 2.12. The standard InChI is InChI=1S/C7H10F4O3/c1-2-3-4-14-7(10,11)6(8,9)5(12)13/h2-4H2,1H3,(H,12,13). The maximum Gasteiger partial charge on any atom is 0.431 e. The quantitative estimate of drug-likeness (QED) is 0.548. The third-order valence-electron chi connectivity index (χ3n) is 1.42. The average molecular weight is 218 g/mol. The highest BCUT2D eigenvalue weighted by Gasteiger charge is 2.64. The van der Waals surface area contributed by atoms with Crippen LogP contribution in [-0.2, 0) is 9.53 Å². The highest BCUT2D eigenvalue weighted by atomic mass is 19.3. The number of halogens is 4. The Morgan fingerprint density at radius 3 is 2.21 bits per heavy atom. The third kappa shape index (κ3) is 2.83. The van der Waals surface area contributed by atoms with Crippen molar-refractivity contribution in [1.29, 1.82) is 0 Å². The van der Waals surface area contributed by atoms with Crippen LogP contribution in [0.25, 0.3) is 0 Å². The summed E-state index contributed by atoms with van der Waals surface area (Å²) in [7, 11) is 0. The van der Waals surface area contributed by atoms with Crippen LogP contribution in [0.3, 0.4) is 0 Å². The van der Waals surface area contributed by atoms with Crippen molar-refractivity contribution < 1.29 is 32.2 Å². The molecule has 0 spiro atoms. The lowest BCUT2D eigenvalue weighted by Crippen LogP contribution is -2.49. The third-order valence-corrected chi connectivity index (χ3v) is 1.42. The minimum Gasteiger partial charge on any atom is -0.477 e. The van der Waals surface area contributed by atoms with Crippen molar-refractivity contribution in [3.05, 3.63) is 0 Å². The fourth-order valence-electron chi connectivity index (χ4n) is 0.560. The topological polar surface area (TPSA) is 46.5 Å². The van der Waals surface area contributed by atoms with Gasteiger partial charge in [-0.15, -0.1) is 0 Å². The Hall–Kier alpha value is -0.850. The van der Waals surface area contributed by atoms with Gasteiger partial charge < -0.3 is 9.84 Å². The highest BCUT2D eigenvalue weighted by molar-refractivity contribution is 5.76. The van der Waals surface area contributed by atoms with E-state index >= 15 is 0 Å². The molecule has 3 nitrogen and oxygen atoms in total. The van der Waals surface area contributed by atoms with Crippen molar-refractivity contribution in [2.45, 2.75) is 31.8 Å². The molecule has 0 fully saturated rings. The maximum atomic E-state index is 12.4. The zero-order valence-electron chi connectivity index (χ0n) is 7.40. The van der Waals surface area contributed by atoms with Gasteiger partial charge in [-0.25, -0.2) is 4.79 Å². The molecule has 0 aliphatic carbocycles. The van der Waals surface area contributed by atoms with Crippen molar-refractivity contribution in [2.24, 2.45) is 0 Å². The van der Waals surface area contributed by atoms with E-state index in [9.17, 15) is 22.4 Å². The summed E-state index contributed by atoms with van der Waals surface area (Å²) in [6.45, 7) is 1.04. The van der Waals surface area contributed by atoms with Gasteiger partial charge in [-0.1, -0.05) is 13.3 Å². The van der Waals surface area contributed by atoms with Crippen molar-refractivity contribution in [3.63, 3.8) is 0 Å². The van der Waals surface area contributed by atoms with Crippen LogP contribution in [0.15, 0.2) is 0 Å². The first-order valence-electron chi connectivity index (χ1n) is 3.88. The molecule has 0 saturated carbocycles. The number of unbranched alkanes of at least 4 members (excludes halogenated alkanes) is 1. The zero-order valence-corrected chi connectivity index (χ0v) is 7.40. The molecule has 84 valence electrons. The normalized spacial score (nSPS) is 12.9. The van der Waals surface area contributed by atoms with Gasteiger partial charge in [-0.05, 0) is 6.42 Å². The average Bonchev–Trinajstić information content (AvgIpc) is 2.04. The zero-order chi connectivity index (χ0) is 11.4. The number of ether oxygens (including phenoxy) is 1. The lowest BCUT2D eigenvalue weighted by Gasteiger charge is -2.22. The highest BCUT2D eigenvalue weighted by Crippen LogP contribution is 2.35. The van der Waals surface area contributed by atoms with Crippen molar-refractivity contribution >= 4 is 5.97 Å². The van der Waals surface area contributed by atoms with Crippen molar-refractivity contribution in [1.82, 2.24) is 0 Å². The van der Waals surface area contributed by atoms with Gasteiger partial charge in [0.15, 0.2) is 0 Å². The van der Waals surface area contributed by atoms with Crippen molar-refractivity contribution in [2.75, 3.05) is 6.61 Å². The number of carbonyl (C=O) groups is 1. The van der Waals surface area contributed by atoms with Crippen LogP contribution in [0.5, 0.6) is 0 Å². The molecule has 0 radical (unpaired) electrons. The molecule has 7 heteroatoms. The first-order valence-corrected chi connectivity index (χ1v) is 3.88. The van der Waals surface area contributed by atoms with E-state index in [1.807, 2.05) is 0 Å². The van der Waals surface area contributed by atoms with Crippen LogP contribution < -0.4 is 0 Å². The maximum absolute atomic E-state index is 12.4. The number of carboxylic acid groups (broad SMARTS) is 1. The number of carboxylic acids is 1. The van der Waals surface area contributed by atoms with Gasteiger partial charge >= 0.3 is 18.0 Å². The molecule has 0 heterocycles. The molecule has 0 bridgehead atoms. The van der Waals surface area contributed by atoms with Crippen LogP contribution in [0.1, 0.15) is 19.8 Å². The van der Waals surface area contributed by atoms with E-state index < -0.39 is 24.6 Å². The summed E-state index contributed by atoms with van der Waals surface area (Å²) >= 11 is 0. The number of hydrogen-bond acceptors (Lipinski definition) is 2. The Balaban J connectivity index is 4.36. The molecule has 0 aromatic heterocycles. The van der Waals surface area contributed by atoms with E-state index in [0.717, 1.165) is 0 Å². The number of hydrogen-bond donors (Lipinski definition) is 1. The fraction of sp³-hybridized carbons (Fsp3) is 0.857. The van der Waals surface area contributed by atoms with Gasteiger partial charge in [-0.2, -0.15) is 17.6 Å². The second-order valence-electron chi connectivity index (χ2n) is 2.60. The van der Waals surface area contributed by atoms with Crippen LogP contribution >= 0.6 is 0 Å². The second kappa shape index (κ2) is 4.59. The lowest BCUT2D eigenvalue weighted by atomic mass is 10.3. The second-order valence-corrected chi connectivity index (χ2v) is 2.60. The molecular formula is C7H10F4O3. The van der Waals surface area contributed by atoms with E-state index in [0.29, 0.717) is 6.42 Å². The Morgan fingerprint density at radius 2 is 1.86 bits per heavy atom. The van der Waals surface area contributed by atoms with Gasteiger partial charge in [-0.3, -0.25) is 0 Å². The summed E-state index contributed by atoms with van der Waals surface area (Å²) in [6, 6.07) is 0. The van der Waals surface area contributed by atoms with Crippen LogP contribution in [0.4, 0.5) is 17.6 Å². The molecule has 0 rings (SSSR count). The summed E-state index contributed by atoms with van der Waals surface area (Å²) in [5, 5.41) is 7.82. The minimum atomic E-state index is -5.19. The summed E-state index contributed by atoms with van der Waals surface area (Å²) in [4.78, 5) is 9.79. The molecule has 0 aliphatic heterocycles. The first-order chi connectivity index (χ1) is 6.25. The largest absolute Gasteiger partial charge is 0.477 e. The molecule has 14 heavy (non-hydrogen) atoms. The van der Waals surface area contributed by atoms with Crippen molar-refractivity contribution in [3.8, 4) is 0 Å². The molecule has 0 aliphatic rings. The molecule has 0 unspecified atom stereocenters. The lowest BCUT2D eigenvalue weighted by molar-refractivity contribution is -0.338. The summed E-state index contributed by atoms with van der Waals surface area (Å²) in [6.07, 6.45) is -4.33. The van der Waals surface area contributed by atoms with E-state index in [-0.39, 0.29) is 6.42 Å². The predicted molar refractivity (Wildman–Crippen MR) is 38.4 cm³/mol. The first kappa shape index (κ1) is 13.2. The number of alkyl halides is 4. The Kier molecular flexibility index (Phi) is 4.31. The van der Waals surface area contributed by atoms with Gasteiger partial charge in [0, 0.05) is 0 Å². The summed E-state index contributed by atoms with van der Waals surface area (Å²) in [5.74, 6) is -8.10. The van der Waals surface area contributed by atoms with Crippen LogP contribution in [-0.4, -0.2) is 29.7 Å². The molecule has 1 N–H and O–H groups in total. The Bertz CT molecular complexity index is 205. The fourth-order valence-corrected chi connectivity index (χ4v) is 0.560. The Morgan fingerprint density at radius 1 is 1.36 bits per heavy atom. The van der Waals surface area contributed by atoms with Crippen LogP contribution in [0.2, 0.25) is 0 Å². The van der Waals surface area contributed by atoms with E-state index in [1.165, 1.54) is 0 Å². The molecule has 0 aromatic carbocycles. The smallest absolute Gasteiger partial charge is 0.431 e. The van der Waals surface area contributed by atoms with Gasteiger partial charge in [0.1, 0.15) is 0 Å². The van der Waals surface area contributed by atoms with Gasteiger partial charge in [0.2, 0.25) is 0 Å². The number of aliphatic carboxylic acids is 1. The van der Waals surface area contributed by atoms with E-state index in [4.69, 9.17) is 5.11 Å². The molecule has 0 amide bonds. The monoisotopic (exact) mass is 218 g/mol. The Labute approximate surface area is 77.7 Å². The summed E-state index contributed by atoms with van der Waals surface area (Å²) < 4.78 is 52.9. The van der Waals surface area contributed by atoms with Gasteiger partial charge in [0.05, 0.1) is 6.61 Å². The molecule has 0 atom stereocenters. The molecule has 0 aromatic rings. The summed E-state index contributed by atoms with van der Waals surface area (Å²) in [5.41, 5.74) is 0. The van der Waals surface area contributed by atoms with Crippen LogP contribution in [0, 0.1) is 0 Å².